The number of rotatable bonds is 7. The molecular weight excluding hydrogens is 300 g/mol. The van der Waals surface area contributed by atoms with Crippen molar-refractivity contribution in [2.45, 2.75) is 18.9 Å². The number of hydrogen-bond donors (Lipinski definition) is 1. The second kappa shape index (κ2) is 7.79. The molecule has 3 aromatic rings. The van der Waals surface area contributed by atoms with Crippen molar-refractivity contribution in [3.8, 4) is 5.75 Å². The van der Waals surface area contributed by atoms with E-state index >= 15 is 0 Å². The van der Waals surface area contributed by atoms with Gasteiger partial charge in [0, 0.05) is 31.0 Å². The van der Waals surface area contributed by atoms with E-state index in [4.69, 9.17) is 9.47 Å². The summed E-state index contributed by atoms with van der Waals surface area (Å²) in [5.41, 5.74) is 2.25. The number of aromatic nitrogens is 2. The summed E-state index contributed by atoms with van der Waals surface area (Å²) < 4.78 is 11.7. The zero-order valence-electron chi connectivity index (χ0n) is 14.0. The van der Waals surface area contributed by atoms with Crippen molar-refractivity contribution in [1.29, 1.82) is 0 Å². The molecule has 0 saturated carbocycles. The molecule has 0 saturated heterocycles. The van der Waals surface area contributed by atoms with E-state index in [9.17, 15) is 0 Å². The summed E-state index contributed by atoms with van der Waals surface area (Å²) in [7, 11) is 1.71. The number of benzene rings is 2. The molecule has 0 aliphatic carbocycles. The van der Waals surface area contributed by atoms with E-state index < -0.39 is 0 Å². The Kier molecular flexibility index (Phi) is 5.29. The minimum atomic E-state index is -0.232. The predicted molar refractivity (Wildman–Crippen MR) is 94.2 cm³/mol. The number of H-pyrrole nitrogens is 1. The van der Waals surface area contributed by atoms with Gasteiger partial charge in [0.25, 0.3) is 0 Å². The van der Waals surface area contributed by atoms with Crippen molar-refractivity contribution in [2.24, 2.45) is 0 Å². The third-order valence-electron chi connectivity index (χ3n) is 4.06. The zero-order valence-corrected chi connectivity index (χ0v) is 14.0. The molecule has 0 amide bonds. The number of aromatic amines is 1. The third-order valence-corrected chi connectivity index (χ3v) is 4.06. The molecule has 124 valence electrons. The number of ether oxygens (including phenoxy) is 2. The lowest BCUT2D eigenvalue weighted by atomic mass is 9.85. The molecule has 2 aromatic carbocycles. The Hall–Kier alpha value is -2.59. The van der Waals surface area contributed by atoms with Gasteiger partial charge < -0.3 is 14.5 Å². The molecule has 0 spiro atoms. The third kappa shape index (κ3) is 3.34. The summed E-state index contributed by atoms with van der Waals surface area (Å²) >= 11 is 0. The Morgan fingerprint density at radius 1 is 1.04 bits per heavy atom. The Balaban J connectivity index is 2.13. The highest BCUT2D eigenvalue weighted by Gasteiger charge is 2.30. The van der Waals surface area contributed by atoms with Gasteiger partial charge in [-0.2, -0.15) is 0 Å². The Morgan fingerprint density at radius 3 is 2.46 bits per heavy atom. The van der Waals surface area contributed by atoms with Gasteiger partial charge in [0.05, 0.1) is 6.61 Å². The van der Waals surface area contributed by atoms with Crippen LogP contribution >= 0.6 is 0 Å². The highest BCUT2D eigenvalue weighted by Crippen LogP contribution is 2.41. The van der Waals surface area contributed by atoms with Crippen LogP contribution in [0.1, 0.15) is 35.9 Å². The molecule has 0 aliphatic heterocycles. The SMILES string of the molecule is CCOc1ccccc1C(c1ccccc1)C(OC)c1ncc[nH]1. The molecule has 3 rings (SSSR count). The molecule has 2 atom stereocenters. The standard InChI is InChI=1S/C20H22N2O2/c1-3-24-17-12-8-7-11-16(17)18(15-9-5-4-6-10-15)19(23-2)20-21-13-14-22-20/h4-14,18-19H,3H2,1-2H3,(H,21,22). The monoisotopic (exact) mass is 322 g/mol. The molecule has 0 bridgehead atoms. The molecular formula is C20H22N2O2. The molecule has 1 N–H and O–H groups in total. The van der Waals surface area contributed by atoms with Crippen LogP contribution in [0.4, 0.5) is 0 Å². The van der Waals surface area contributed by atoms with Gasteiger partial charge in [-0.15, -0.1) is 0 Å². The maximum atomic E-state index is 5.87. The van der Waals surface area contributed by atoms with E-state index in [1.54, 1.807) is 13.3 Å². The number of methoxy groups -OCH3 is 1. The van der Waals surface area contributed by atoms with Crippen LogP contribution in [0.5, 0.6) is 5.75 Å². The largest absolute Gasteiger partial charge is 0.494 e. The molecule has 0 fully saturated rings. The predicted octanol–water partition coefficient (Wildman–Crippen LogP) is 4.33. The second-order valence-electron chi connectivity index (χ2n) is 5.49. The van der Waals surface area contributed by atoms with Gasteiger partial charge in [-0.25, -0.2) is 4.98 Å². The van der Waals surface area contributed by atoms with Gasteiger partial charge in [0.15, 0.2) is 0 Å². The topological polar surface area (TPSA) is 47.1 Å². The van der Waals surface area contributed by atoms with Gasteiger partial charge in [-0.05, 0) is 18.6 Å². The average molecular weight is 322 g/mol. The van der Waals surface area contributed by atoms with Crippen LogP contribution in [0.15, 0.2) is 67.0 Å². The number of imidazole rings is 1. The maximum Gasteiger partial charge on any atom is 0.136 e. The minimum Gasteiger partial charge on any atom is -0.494 e. The molecule has 0 aliphatic rings. The summed E-state index contributed by atoms with van der Waals surface area (Å²) in [5.74, 6) is 1.66. The van der Waals surface area contributed by atoms with Gasteiger partial charge >= 0.3 is 0 Å². The first-order valence-electron chi connectivity index (χ1n) is 8.14. The van der Waals surface area contributed by atoms with Gasteiger partial charge in [0.1, 0.15) is 17.7 Å². The molecule has 1 aromatic heterocycles. The summed E-state index contributed by atoms with van der Waals surface area (Å²) in [5, 5.41) is 0. The van der Waals surface area contributed by atoms with Crippen LogP contribution in [0.3, 0.4) is 0 Å². The molecule has 0 radical (unpaired) electrons. The van der Waals surface area contributed by atoms with Crippen molar-refractivity contribution in [1.82, 2.24) is 9.97 Å². The normalized spacial score (nSPS) is 13.4. The lowest BCUT2D eigenvalue weighted by Gasteiger charge is -2.27. The van der Waals surface area contributed by atoms with E-state index in [1.807, 2.05) is 49.5 Å². The number of nitrogens with one attached hydrogen (secondary N) is 1. The Morgan fingerprint density at radius 2 is 1.79 bits per heavy atom. The molecule has 24 heavy (non-hydrogen) atoms. The minimum absolute atomic E-state index is 0.0231. The lowest BCUT2D eigenvalue weighted by molar-refractivity contribution is 0.0816. The van der Waals surface area contributed by atoms with E-state index in [2.05, 4.69) is 28.2 Å². The number of para-hydroxylation sites is 1. The van der Waals surface area contributed by atoms with E-state index in [1.165, 1.54) is 0 Å². The fourth-order valence-electron chi connectivity index (χ4n) is 3.04. The van der Waals surface area contributed by atoms with E-state index in [0.717, 1.165) is 22.7 Å². The fourth-order valence-corrected chi connectivity index (χ4v) is 3.04. The van der Waals surface area contributed by atoms with Crippen molar-refractivity contribution in [2.75, 3.05) is 13.7 Å². The highest BCUT2D eigenvalue weighted by atomic mass is 16.5. The maximum absolute atomic E-state index is 5.87. The van der Waals surface area contributed by atoms with Crippen LogP contribution in [-0.2, 0) is 4.74 Å². The average Bonchev–Trinajstić information content (AvgIpc) is 3.16. The van der Waals surface area contributed by atoms with Crippen molar-refractivity contribution < 1.29 is 9.47 Å². The van der Waals surface area contributed by atoms with Gasteiger partial charge in [0.2, 0.25) is 0 Å². The number of hydrogen-bond acceptors (Lipinski definition) is 3. The summed E-state index contributed by atoms with van der Waals surface area (Å²) in [6.45, 7) is 2.62. The van der Waals surface area contributed by atoms with Crippen LogP contribution < -0.4 is 4.74 Å². The Labute approximate surface area is 142 Å². The number of nitrogens with zero attached hydrogens (tertiary/aromatic N) is 1. The first-order chi connectivity index (χ1) is 11.8. The van der Waals surface area contributed by atoms with Crippen molar-refractivity contribution in [3.63, 3.8) is 0 Å². The van der Waals surface area contributed by atoms with Gasteiger partial charge in [-0.1, -0.05) is 48.5 Å². The van der Waals surface area contributed by atoms with Crippen LogP contribution in [-0.4, -0.2) is 23.7 Å². The lowest BCUT2D eigenvalue weighted by Crippen LogP contribution is -2.17. The molecule has 2 unspecified atom stereocenters. The summed E-state index contributed by atoms with van der Waals surface area (Å²) in [6.07, 6.45) is 3.33. The highest BCUT2D eigenvalue weighted by molar-refractivity contribution is 5.43. The van der Waals surface area contributed by atoms with E-state index in [-0.39, 0.29) is 12.0 Å². The molecule has 4 heteroatoms. The van der Waals surface area contributed by atoms with Crippen LogP contribution in [0, 0.1) is 0 Å². The van der Waals surface area contributed by atoms with Gasteiger partial charge in [-0.3, -0.25) is 0 Å². The van der Waals surface area contributed by atoms with Crippen molar-refractivity contribution in [3.05, 3.63) is 83.9 Å². The fraction of sp³-hybridized carbons (Fsp3) is 0.250. The Bertz CT molecular complexity index is 741. The molecule has 1 heterocycles. The van der Waals surface area contributed by atoms with Crippen molar-refractivity contribution >= 4 is 0 Å². The summed E-state index contributed by atoms with van der Waals surface area (Å²) in [4.78, 5) is 7.60. The van der Waals surface area contributed by atoms with Crippen LogP contribution in [0.25, 0.3) is 0 Å². The molecule has 4 nitrogen and oxygen atoms in total. The second-order valence-corrected chi connectivity index (χ2v) is 5.49. The van der Waals surface area contributed by atoms with Crippen LogP contribution in [0.2, 0.25) is 0 Å². The first-order valence-corrected chi connectivity index (χ1v) is 8.14. The summed E-state index contributed by atoms with van der Waals surface area (Å²) in [6, 6.07) is 18.4. The smallest absolute Gasteiger partial charge is 0.136 e. The quantitative estimate of drug-likeness (QED) is 0.704. The van der Waals surface area contributed by atoms with E-state index in [0.29, 0.717) is 6.61 Å². The zero-order chi connectivity index (χ0) is 16.8. The first kappa shape index (κ1) is 16.3.